The maximum absolute atomic E-state index is 9.96. The Bertz CT molecular complexity index is 135. The smallest absolute Gasteiger partial charge is 0.335 e. The molecule has 6 nitrogen and oxygen atoms in total. The molecule has 66 valence electrons. The van der Waals surface area contributed by atoms with Gasteiger partial charge >= 0.3 is 5.97 Å². The van der Waals surface area contributed by atoms with Crippen molar-refractivity contribution in [2.24, 2.45) is 0 Å². The predicted molar refractivity (Wildman–Crippen MR) is 32.7 cm³/mol. The van der Waals surface area contributed by atoms with E-state index in [-0.39, 0.29) is 0 Å². The van der Waals surface area contributed by atoms with E-state index in [1.165, 1.54) is 0 Å². The van der Waals surface area contributed by atoms with Crippen LogP contribution in [0.3, 0.4) is 0 Å². The van der Waals surface area contributed by atoms with Crippen molar-refractivity contribution in [2.75, 3.05) is 6.61 Å². The highest BCUT2D eigenvalue weighted by Gasteiger charge is 2.29. The Morgan fingerprint density at radius 2 is 1.73 bits per heavy atom. The Morgan fingerprint density at radius 3 is 2.00 bits per heavy atom. The van der Waals surface area contributed by atoms with Crippen molar-refractivity contribution in [1.29, 1.82) is 0 Å². The average molecular weight is 166 g/mol. The number of carbonyl (C=O) groups is 1. The first-order chi connectivity index (χ1) is 5.00. The van der Waals surface area contributed by atoms with E-state index >= 15 is 0 Å². The highest BCUT2D eigenvalue weighted by Crippen LogP contribution is 1.99. The summed E-state index contributed by atoms with van der Waals surface area (Å²) in [6.45, 7) is -0.800. The molecule has 0 unspecified atom stereocenters. The SMILES string of the molecule is O=C(O)[C@H](O)[C@@H](O)[C@@H](O)CO. The lowest BCUT2D eigenvalue weighted by atomic mass is 10.1. The number of carboxylic acids is 1. The maximum atomic E-state index is 9.96. The lowest BCUT2D eigenvalue weighted by molar-refractivity contribution is -0.159. The van der Waals surface area contributed by atoms with Gasteiger partial charge in [0.1, 0.15) is 12.2 Å². The summed E-state index contributed by atoms with van der Waals surface area (Å²) in [5.74, 6) is -1.65. The standard InChI is InChI=1S/C5H10O6/c6-1-2(7)3(8)4(9)5(10)11/h2-4,6-9H,1H2,(H,10,11)/t2-,3-,4+/m0/s1. The van der Waals surface area contributed by atoms with Crippen LogP contribution in [-0.4, -0.2) is 56.4 Å². The minimum Gasteiger partial charge on any atom is -0.479 e. The van der Waals surface area contributed by atoms with Crippen LogP contribution in [0.1, 0.15) is 0 Å². The molecule has 0 aliphatic carbocycles. The number of aliphatic hydroxyl groups is 4. The van der Waals surface area contributed by atoms with Gasteiger partial charge in [0.15, 0.2) is 6.10 Å². The van der Waals surface area contributed by atoms with Gasteiger partial charge in [-0.25, -0.2) is 4.79 Å². The van der Waals surface area contributed by atoms with Crippen LogP contribution in [0.5, 0.6) is 0 Å². The molecule has 0 aromatic carbocycles. The zero-order chi connectivity index (χ0) is 9.02. The van der Waals surface area contributed by atoms with E-state index in [9.17, 15) is 4.79 Å². The molecule has 5 N–H and O–H groups in total. The number of carboxylic acid groups (broad SMARTS) is 1. The molecule has 0 heterocycles. The lowest BCUT2D eigenvalue weighted by Crippen LogP contribution is -2.43. The van der Waals surface area contributed by atoms with Crippen LogP contribution in [0, 0.1) is 0 Å². The molecule has 6 heteroatoms. The number of aliphatic carboxylic acids is 1. The summed E-state index contributed by atoms with van der Waals surface area (Å²) < 4.78 is 0. The topological polar surface area (TPSA) is 118 Å². The van der Waals surface area contributed by atoms with Crippen LogP contribution in [0.2, 0.25) is 0 Å². The van der Waals surface area contributed by atoms with Crippen molar-refractivity contribution in [3.63, 3.8) is 0 Å². The molecule has 0 radical (unpaired) electrons. The predicted octanol–water partition coefficient (Wildman–Crippen LogP) is -2.85. The van der Waals surface area contributed by atoms with Crippen molar-refractivity contribution < 1.29 is 30.3 Å². The zero-order valence-corrected chi connectivity index (χ0v) is 5.58. The summed E-state index contributed by atoms with van der Waals surface area (Å²) in [6.07, 6.45) is -5.57. The highest BCUT2D eigenvalue weighted by atomic mass is 16.4. The first kappa shape index (κ1) is 10.3. The minimum absolute atomic E-state index is 0.800. The molecule has 0 saturated heterocycles. The van der Waals surface area contributed by atoms with Gasteiger partial charge in [0, 0.05) is 0 Å². The van der Waals surface area contributed by atoms with Crippen LogP contribution < -0.4 is 0 Å². The Kier molecular flexibility index (Phi) is 3.98. The first-order valence-electron chi connectivity index (χ1n) is 2.88. The Hall–Kier alpha value is -0.690. The Morgan fingerprint density at radius 1 is 1.27 bits per heavy atom. The van der Waals surface area contributed by atoms with Crippen LogP contribution in [0.25, 0.3) is 0 Å². The molecule has 0 saturated carbocycles. The van der Waals surface area contributed by atoms with E-state index in [4.69, 9.17) is 25.5 Å². The van der Waals surface area contributed by atoms with E-state index in [2.05, 4.69) is 0 Å². The molecule has 0 aliphatic rings. The number of aliphatic hydroxyl groups excluding tert-OH is 4. The summed E-state index contributed by atoms with van der Waals surface area (Å²) in [6, 6.07) is 0. The molecular formula is C5H10O6. The summed E-state index contributed by atoms with van der Waals surface area (Å²) in [4.78, 5) is 9.96. The Balaban J connectivity index is 4.00. The number of hydrogen-bond donors (Lipinski definition) is 5. The van der Waals surface area contributed by atoms with Crippen LogP contribution in [0.15, 0.2) is 0 Å². The number of rotatable bonds is 4. The third kappa shape index (κ3) is 2.81. The summed E-state index contributed by atoms with van der Waals surface area (Å²) >= 11 is 0. The van der Waals surface area contributed by atoms with Crippen LogP contribution in [-0.2, 0) is 4.79 Å². The molecule has 0 fully saturated rings. The third-order valence-electron chi connectivity index (χ3n) is 1.16. The van der Waals surface area contributed by atoms with E-state index in [1.54, 1.807) is 0 Å². The van der Waals surface area contributed by atoms with Gasteiger partial charge in [0.2, 0.25) is 0 Å². The van der Waals surface area contributed by atoms with E-state index < -0.39 is 30.9 Å². The quantitative estimate of drug-likeness (QED) is 0.306. The molecule has 0 amide bonds. The van der Waals surface area contributed by atoms with Gasteiger partial charge in [-0.3, -0.25) is 0 Å². The fraction of sp³-hybridized carbons (Fsp3) is 0.800. The molecule has 3 atom stereocenters. The van der Waals surface area contributed by atoms with Crippen molar-refractivity contribution in [3.05, 3.63) is 0 Å². The maximum Gasteiger partial charge on any atom is 0.335 e. The van der Waals surface area contributed by atoms with Crippen molar-refractivity contribution >= 4 is 5.97 Å². The molecule has 0 aromatic rings. The molecule has 0 aromatic heterocycles. The van der Waals surface area contributed by atoms with Gasteiger partial charge in [-0.2, -0.15) is 0 Å². The van der Waals surface area contributed by atoms with Gasteiger partial charge in [0.05, 0.1) is 6.61 Å². The van der Waals surface area contributed by atoms with Gasteiger partial charge in [-0.1, -0.05) is 0 Å². The monoisotopic (exact) mass is 166 g/mol. The normalized spacial score (nSPS) is 18.9. The fourth-order valence-corrected chi connectivity index (χ4v) is 0.465. The molecule has 11 heavy (non-hydrogen) atoms. The second kappa shape index (κ2) is 4.24. The summed E-state index contributed by atoms with van der Waals surface area (Å²) in [5.41, 5.74) is 0. The van der Waals surface area contributed by atoms with E-state index in [0.717, 1.165) is 0 Å². The lowest BCUT2D eigenvalue weighted by Gasteiger charge is -2.17. The van der Waals surface area contributed by atoms with Crippen molar-refractivity contribution in [1.82, 2.24) is 0 Å². The zero-order valence-electron chi connectivity index (χ0n) is 5.58. The molecule has 0 bridgehead atoms. The third-order valence-corrected chi connectivity index (χ3v) is 1.16. The first-order valence-corrected chi connectivity index (χ1v) is 2.88. The molecule has 0 aliphatic heterocycles. The fourth-order valence-electron chi connectivity index (χ4n) is 0.465. The van der Waals surface area contributed by atoms with Gasteiger partial charge < -0.3 is 25.5 Å². The van der Waals surface area contributed by atoms with Gasteiger partial charge in [-0.05, 0) is 0 Å². The van der Waals surface area contributed by atoms with Gasteiger partial charge in [-0.15, -0.1) is 0 Å². The van der Waals surface area contributed by atoms with Crippen LogP contribution in [0.4, 0.5) is 0 Å². The summed E-state index contributed by atoms with van der Waals surface area (Å²) in [7, 11) is 0. The van der Waals surface area contributed by atoms with Crippen molar-refractivity contribution in [3.8, 4) is 0 Å². The Labute approximate surface area is 62.3 Å². The highest BCUT2D eigenvalue weighted by molar-refractivity contribution is 5.72. The second-order valence-corrected chi connectivity index (χ2v) is 2.02. The largest absolute Gasteiger partial charge is 0.479 e. The van der Waals surface area contributed by atoms with E-state index in [0.29, 0.717) is 0 Å². The second-order valence-electron chi connectivity index (χ2n) is 2.02. The molecule has 0 spiro atoms. The summed E-state index contributed by atoms with van der Waals surface area (Å²) in [5, 5.41) is 42.2. The molecule has 0 rings (SSSR count). The minimum atomic E-state index is -2.07. The van der Waals surface area contributed by atoms with Gasteiger partial charge in [0.25, 0.3) is 0 Å². The average Bonchev–Trinajstić information content (AvgIpc) is 2.00. The molecular weight excluding hydrogens is 156 g/mol. The van der Waals surface area contributed by atoms with E-state index in [1.807, 2.05) is 0 Å². The van der Waals surface area contributed by atoms with Crippen LogP contribution >= 0.6 is 0 Å². The number of hydrogen-bond acceptors (Lipinski definition) is 5. The van der Waals surface area contributed by atoms with Crippen molar-refractivity contribution in [2.45, 2.75) is 18.3 Å².